The number of hydrogen-bond acceptors (Lipinski definition) is 2. The number of nitrogens with zero attached hydrogens (tertiary/aromatic N) is 2. The zero-order valence-electron chi connectivity index (χ0n) is 10.8. The van der Waals surface area contributed by atoms with Crippen molar-refractivity contribution in [3.8, 4) is 5.69 Å². The Morgan fingerprint density at radius 1 is 1.28 bits per heavy atom. The molecule has 0 spiro atoms. The maximum Gasteiger partial charge on any atom is 0.148 e. The van der Waals surface area contributed by atoms with Crippen LogP contribution in [-0.4, -0.2) is 16.3 Å². The van der Waals surface area contributed by atoms with E-state index >= 15 is 0 Å². The highest BCUT2D eigenvalue weighted by molar-refractivity contribution is 5.38. The van der Waals surface area contributed by atoms with E-state index in [1.54, 1.807) is 16.8 Å². The summed E-state index contributed by atoms with van der Waals surface area (Å²) in [6.45, 7) is 4.58. The highest BCUT2D eigenvalue weighted by atomic mass is 19.1. The first-order valence-electron chi connectivity index (χ1n) is 6.15. The Hall–Kier alpha value is -1.68. The van der Waals surface area contributed by atoms with E-state index in [0.29, 0.717) is 12.2 Å². The van der Waals surface area contributed by atoms with Gasteiger partial charge in [-0.3, -0.25) is 0 Å². The molecule has 0 amide bonds. The fraction of sp³-hybridized carbons (Fsp3) is 0.357. The average Bonchev–Trinajstić information content (AvgIpc) is 2.63. The van der Waals surface area contributed by atoms with Crippen LogP contribution in [0.1, 0.15) is 23.4 Å². The Kier molecular flexibility index (Phi) is 3.77. The van der Waals surface area contributed by atoms with Crippen LogP contribution in [0, 0.1) is 19.7 Å². The lowest BCUT2D eigenvalue weighted by molar-refractivity contribution is 0.608. The van der Waals surface area contributed by atoms with Crippen molar-refractivity contribution >= 4 is 0 Å². The van der Waals surface area contributed by atoms with Crippen LogP contribution in [0.5, 0.6) is 0 Å². The Labute approximate surface area is 106 Å². The van der Waals surface area contributed by atoms with Gasteiger partial charge in [0.25, 0.3) is 0 Å². The molecule has 18 heavy (non-hydrogen) atoms. The van der Waals surface area contributed by atoms with E-state index in [2.05, 4.69) is 5.10 Å². The summed E-state index contributed by atoms with van der Waals surface area (Å²) in [7, 11) is 0. The van der Waals surface area contributed by atoms with Crippen LogP contribution in [0.4, 0.5) is 4.39 Å². The first kappa shape index (κ1) is 12.8. The summed E-state index contributed by atoms with van der Waals surface area (Å²) in [6.07, 6.45) is 1.81. The van der Waals surface area contributed by atoms with E-state index < -0.39 is 0 Å². The van der Waals surface area contributed by atoms with Crippen molar-refractivity contribution in [3.63, 3.8) is 0 Å². The number of hydrogen-bond donors (Lipinski definition) is 1. The third-order valence-electron chi connectivity index (χ3n) is 3.15. The molecule has 96 valence electrons. The van der Waals surface area contributed by atoms with Gasteiger partial charge >= 0.3 is 0 Å². The lowest BCUT2D eigenvalue weighted by atomic mass is 10.1. The summed E-state index contributed by atoms with van der Waals surface area (Å²) in [4.78, 5) is 0. The van der Waals surface area contributed by atoms with Crippen molar-refractivity contribution in [1.29, 1.82) is 0 Å². The SMILES string of the molecule is Cc1nn(-c2ccccc2F)c(C)c1CCCN. The molecule has 0 atom stereocenters. The summed E-state index contributed by atoms with van der Waals surface area (Å²) >= 11 is 0. The summed E-state index contributed by atoms with van der Waals surface area (Å²) in [5.41, 5.74) is 9.14. The topological polar surface area (TPSA) is 43.8 Å². The van der Waals surface area contributed by atoms with Gasteiger partial charge in [0.15, 0.2) is 0 Å². The standard InChI is InChI=1S/C14H18FN3/c1-10-12(6-5-9-16)11(2)18(17-10)14-8-4-3-7-13(14)15/h3-4,7-8H,5-6,9,16H2,1-2H3. The van der Waals surface area contributed by atoms with Crippen molar-refractivity contribution in [2.24, 2.45) is 5.73 Å². The molecular formula is C14H18FN3. The molecule has 0 bridgehead atoms. The van der Waals surface area contributed by atoms with Crippen LogP contribution in [0.25, 0.3) is 5.69 Å². The van der Waals surface area contributed by atoms with Crippen LogP contribution < -0.4 is 5.73 Å². The molecule has 0 aliphatic rings. The van der Waals surface area contributed by atoms with Gasteiger partial charge in [-0.15, -0.1) is 0 Å². The number of halogens is 1. The minimum absolute atomic E-state index is 0.256. The number of rotatable bonds is 4. The predicted molar refractivity (Wildman–Crippen MR) is 70.4 cm³/mol. The number of nitrogens with two attached hydrogens (primary N) is 1. The third kappa shape index (κ3) is 2.29. The highest BCUT2D eigenvalue weighted by Gasteiger charge is 2.14. The first-order chi connectivity index (χ1) is 8.65. The number of para-hydroxylation sites is 1. The molecule has 0 unspecified atom stereocenters. The van der Waals surface area contributed by atoms with Crippen molar-refractivity contribution < 1.29 is 4.39 Å². The minimum Gasteiger partial charge on any atom is -0.330 e. The fourth-order valence-electron chi connectivity index (χ4n) is 2.17. The van der Waals surface area contributed by atoms with Crippen LogP contribution >= 0.6 is 0 Å². The molecule has 2 N–H and O–H groups in total. The lowest BCUT2D eigenvalue weighted by Crippen LogP contribution is -2.03. The Morgan fingerprint density at radius 2 is 2.00 bits per heavy atom. The van der Waals surface area contributed by atoms with Crippen molar-refractivity contribution in [3.05, 3.63) is 47.0 Å². The van der Waals surface area contributed by atoms with Gasteiger partial charge < -0.3 is 5.73 Å². The third-order valence-corrected chi connectivity index (χ3v) is 3.15. The fourth-order valence-corrected chi connectivity index (χ4v) is 2.17. The second kappa shape index (κ2) is 5.31. The second-order valence-electron chi connectivity index (χ2n) is 4.40. The minimum atomic E-state index is -0.256. The van der Waals surface area contributed by atoms with E-state index in [1.165, 1.54) is 11.6 Å². The Bertz CT molecular complexity index is 546. The number of benzene rings is 1. The zero-order chi connectivity index (χ0) is 13.1. The van der Waals surface area contributed by atoms with E-state index in [4.69, 9.17) is 5.73 Å². The van der Waals surface area contributed by atoms with Crippen LogP contribution in [0.3, 0.4) is 0 Å². The smallest absolute Gasteiger partial charge is 0.148 e. The molecule has 2 aromatic rings. The lowest BCUT2D eigenvalue weighted by Gasteiger charge is -2.06. The second-order valence-corrected chi connectivity index (χ2v) is 4.40. The van der Waals surface area contributed by atoms with Crippen LogP contribution in [0.2, 0.25) is 0 Å². The molecule has 1 heterocycles. The summed E-state index contributed by atoms with van der Waals surface area (Å²) in [5.74, 6) is -0.256. The molecule has 0 aliphatic carbocycles. The average molecular weight is 247 g/mol. The maximum absolute atomic E-state index is 13.8. The van der Waals surface area contributed by atoms with Crippen LogP contribution in [-0.2, 0) is 6.42 Å². The van der Waals surface area contributed by atoms with Crippen molar-refractivity contribution in [1.82, 2.24) is 9.78 Å². The van der Waals surface area contributed by atoms with E-state index in [0.717, 1.165) is 24.2 Å². The van der Waals surface area contributed by atoms with Crippen molar-refractivity contribution in [2.45, 2.75) is 26.7 Å². The Balaban J connectivity index is 2.44. The van der Waals surface area contributed by atoms with Gasteiger partial charge in [-0.25, -0.2) is 9.07 Å². The van der Waals surface area contributed by atoms with Gasteiger partial charge in [-0.1, -0.05) is 12.1 Å². The monoisotopic (exact) mass is 247 g/mol. The Morgan fingerprint density at radius 3 is 2.67 bits per heavy atom. The quantitative estimate of drug-likeness (QED) is 0.902. The van der Waals surface area contributed by atoms with Gasteiger partial charge in [-0.05, 0) is 50.9 Å². The van der Waals surface area contributed by atoms with Gasteiger partial charge in [0, 0.05) is 5.69 Å². The summed E-state index contributed by atoms with van der Waals surface area (Å²) in [5, 5.41) is 4.43. The molecule has 0 fully saturated rings. The molecule has 0 saturated heterocycles. The van der Waals surface area contributed by atoms with E-state index in [1.807, 2.05) is 19.9 Å². The molecule has 3 nitrogen and oxygen atoms in total. The van der Waals surface area contributed by atoms with Crippen LogP contribution in [0.15, 0.2) is 24.3 Å². The first-order valence-corrected chi connectivity index (χ1v) is 6.15. The number of aromatic nitrogens is 2. The normalized spacial score (nSPS) is 10.9. The van der Waals surface area contributed by atoms with Gasteiger partial charge in [-0.2, -0.15) is 5.10 Å². The highest BCUT2D eigenvalue weighted by Crippen LogP contribution is 2.20. The molecular weight excluding hydrogens is 229 g/mol. The van der Waals surface area contributed by atoms with E-state index in [-0.39, 0.29) is 5.82 Å². The molecule has 4 heteroatoms. The van der Waals surface area contributed by atoms with E-state index in [9.17, 15) is 4.39 Å². The molecule has 1 aromatic carbocycles. The van der Waals surface area contributed by atoms with Gasteiger partial charge in [0.1, 0.15) is 11.5 Å². The molecule has 1 aromatic heterocycles. The van der Waals surface area contributed by atoms with Gasteiger partial charge in [0.05, 0.1) is 5.69 Å². The molecule has 0 radical (unpaired) electrons. The maximum atomic E-state index is 13.8. The summed E-state index contributed by atoms with van der Waals surface area (Å²) < 4.78 is 15.4. The molecule has 2 rings (SSSR count). The van der Waals surface area contributed by atoms with Crippen molar-refractivity contribution in [2.75, 3.05) is 6.54 Å². The van der Waals surface area contributed by atoms with Gasteiger partial charge in [0.2, 0.25) is 0 Å². The molecule has 0 saturated carbocycles. The summed E-state index contributed by atoms with van der Waals surface area (Å²) in [6, 6.07) is 6.68. The molecule has 0 aliphatic heterocycles. The zero-order valence-corrected chi connectivity index (χ0v) is 10.8. The predicted octanol–water partition coefficient (Wildman–Crippen LogP) is 2.52. The number of aryl methyl sites for hydroxylation is 1. The largest absolute Gasteiger partial charge is 0.330 e.